The molecule has 94 valence electrons. The summed E-state index contributed by atoms with van der Waals surface area (Å²) in [7, 11) is 1.27. The number of nitrogens with two attached hydrogens (primary N) is 1. The van der Waals surface area contributed by atoms with Gasteiger partial charge in [0.05, 0.1) is 18.5 Å². The van der Waals surface area contributed by atoms with E-state index in [1.807, 2.05) is 0 Å². The summed E-state index contributed by atoms with van der Waals surface area (Å²) in [6.45, 7) is 3.74. The maximum Gasteiger partial charge on any atom is 0.325 e. The predicted octanol–water partition coefficient (Wildman–Crippen LogP) is -0.0646. The van der Waals surface area contributed by atoms with Crippen molar-refractivity contribution in [2.45, 2.75) is 13.8 Å². The van der Waals surface area contributed by atoms with Gasteiger partial charge in [-0.15, -0.1) is 0 Å². The number of aromatic amines is 1. The number of carbonyl (C=O) groups is 2. The summed E-state index contributed by atoms with van der Waals surface area (Å²) in [5.41, 5.74) is 6.77. The normalized spacial score (nSPS) is 10.1. The van der Waals surface area contributed by atoms with E-state index in [0.29, 0.717) is 17.9 Å². The Morgan fingerprint density at radius 2 is 2.18 bits per heavy atom. The number of nitrogen functional groups attached to an aromatic ring is 1. The molecule has 0 bridgehead atoms. The van der Waals surface area contributed by atoms with Crippen molar-refractivity contribution >= 4 is 17.6 Å². The lowest BCUT2D eigenvalue weighted by molar-refractivity contribution is -0.141. The zero-order chi connectivity index (χ0) is 13.0. The highest BCUT2D eigenvalue weighted by atomic mass is 16.5. The predicted molar refractivity (Wildman–Crippen MR) is 61.3 cm³/mol. The fourth-order valence-corrected chi connectivity index (χ4v) is 1.30. The first-order valence-electron chi connectivity index (χ1n) is 5.17. The molecule has 17 heavy (non-hydrogen) atoms. The number of aryl methyl sites for hydroxylation is 1. The minimum Gasteiger partial charge on any atom is -0.468 e. The molecule has 0 saturated heterocycles. The zero-order valence-electron chi connectivity index (χ0n) is 10.1. The summed E-state index contributed by atoms with van der Waals surface area (Å²) in [5, 5.41) is 6.45. The standard InChI is InChI=1S/C10H16N4O3/c1-4-14(5-7(15)17-3)10(16)9-8(11)6(2)12-13-9/h4-5,11H2,1-3H3,(H,12,13). The molecule has 0 aliphatic rings. The Labute approximate surface area is 98.9 Å². The molecule has 1 rings (SSSR count). The SMILES string of the molecule is CCN(CC(=O)OC)C(=O)c1n[nH]c(C)c1N. The van der Waals surface area contributed by atoms with Gasteiger partial charge in [0.25, 0.3) is 5.91 Å². The molecule has 0 aliphatic carbocycles. The number of esters is 1. The molecule has 1 heterocycles. The highest BCUT2D eigenvalue weighted by molar-refractivity contribution is 5.98. The molecular weight excluding hydrogens is 224 g/mol. The van der Waals surface area contributed by atoms with Crippen LogP contribution in [0.4, 0.5) is 5.69 Å². The highest BCUT2D eigenvalue weighted by Gasteiger charge is 2.22. The molecule has 3 N–H and O–H groups in total. The van der Waals surface area contributed by atoms with Gasteiger partial charge in [-0.05, 0) is 13.8 Å². The van der Waals surface area contributed by atoms with Crippen LogP contribution in [0.2, 0.25) is 0 Å². The summed E-state index contributed by atoms with van der Waals surface area (Å²) in [6.07, 6.45) is 0. The Morgan fingerprint density at radius 1 is 1.53 bits per heavy atom. The third-order valence-electron chi connectivity index (χ3n) is 2.41. The van der Waals surface area contributed by atoms with E-state index in [-0.39, 0.29) is 18.1 Å². The molecule has 0 saturated carbocycles. The van der Waals surface area contributed by atoms with Crippen LogP contribution in [0.5, 0.6) is 0 Å². The highest BCUT2D eigenvalue weighted by Crippen LogP contribution is 2.14. The fraction of sp³-hybridized carbons (Fsp3) is 0.500. The van der Waals surface area contributed by atoms with Crippen LogP contribution in [0, 0.1) is 6.92 Å². The Bertz CT molecular complexity index is 427. The van der Waals surface area contributed by atoms with Crippen LogP contribution in [-0.4, -0.2) is 47.2 Å². The van der Waals surface area contributed by atoms with Crippen molar-refractivity contribution in [2.24, 2.45) is 0 Å². The van der Waals surface area contributed by atoms with Crippen LogP contribution in [-0.2, 0) is 9.53 Å². The number of anilines is 1. The van der Waals surface area contributed by atoms with Gasteiger partial charge in [0.1, 0.15) is 6.54 Å². The van der Waals surface area contributed by atoms with Crippen molar-refractivity contribution in [2.75, 3.05) is 25.9 Å². The van der Waals surface area contributed by atoms with E-state index in [0.717, 1.165) is 0 Å². The first-order chi connectivity index (χ1) is 8.01. The van der Waals surface area contributed by atoms with Crippen molar-refractivity contribution in [3.05, 3.63) is 11.4 Å². The summed E-state index contributed by atoms with van der Waals surface area (Å²) in [5.74, 6) is -0.870. The number of rotatable bonds is 4. The van der Waals surface area contributed by atoms with Crippen LogP contribution in [0.3, 0.4) is 0 Å². The quantitative estimate of drug-likeness (QED) is 0.718. The number of likely N-dealkylation sites (N-methyl/N-ethyl adjacent to an activating group) is 1. The minimum atomic E-state index is -0.481. The van der Waals surface area contributed by atoms with E-state index in [9.17, 15) is 9.59 Å². The lowest BCUT2D eigenvalue weighted by atomic mass is 10.2. The molecule has 0 aliphatic heterocycles. The van der Waals surface area contributed by atoms with Crippen LogP contribution < -0.4 is 5.73 Å². The van der Waals surface area contributed by atoms with Crippen LogP contribution >= 0.6 is 0 Å². The maximum atomic E-state index is 12.0. The van der Waals surface area contributed by atoms with Gasteiger partial charge < -0.3 is 15.4 Å². The number of hydrogen-bond acceptors (Lipinski definition) is 5. The van der Waals surface area contributed by atoms with Gasteiger partial charge in [0.2, 0.25) is 0 Å². The topological polar surface area (TPSA) is 101 Å². The number of H-pyrrole nitrogens is 1. The van der Waals surface area contributed by atoms with E-state index in [2.05, 4.69) is 14.9 Å². The average Bonchev–Trinajstić information content (AvgIpc) is 2.66. The van der Waals surface area contributed by atoms with Crippen LogP contribution in [0.1, 0.15) is 23.1 Å². The minimum absolute atomic E-state index is 0.114. The largest absolute Gasteiger partial charge is 0.468 e. The maximum absolute atomic E-state index is 12.0. The Morgan fingerprint density at radius 3 is 2.59 bits per heavy atom. The molecule has 0 spiro atoms. The first kappa shape index (κ1) is 13.0. The van der Waals surface area contributed by atoms with Gasteiger partial charge in [-0.3, -0.25) is 14.7 Å². The Hall–Kier alpha value is -2.05. The first-order valence-corrected chi connectivity index (χ1v) is 5.17. The monoisotopic (exact) mass is 240 g/mol. The van der Waals surface area contributed by atoms with Gasteiger partial charge in [-0.1, -0.05) is 0 Å². The van der Waals surface area contributed by atoms with Crippen molar-refractivity contribution in [1.82, 2.24) is 15.1 Å². The van der Waals surface area contributed by atoms with E-state index in [1.54, 1.807) is 13.8 Å². The zero-order valence-corrected chi connectivity index (χ0v) is 10.1. The van der Waals surface area contributed by atoms with E-state index >= 15 is 0 Å². The Kier molecular flexibility index (Phi) is 4.08. The second kappa shape index (κ2) is 5.33. The number of amides is 1. The van der Waals surface area contributed by atoms with Crippen LogP contribution in [0.15, 0.2) is 0 Å². The Balaban J connectivity index is 2.86. The molecule has 7 heteroatoms. The number of carbonyl (C=O) groups excluding carboxylic acids is 2. The second-order valence-electron chi connectivity index (χ2n) is 3.51. The summed E-state index contributed by atoms with van der Waals surface area (Å²) in [4.78, 5) is 24.5. The fourth-order valence-electron chi connectivity index (χ4n) is 1.30. The van der Waals surface area contributed by atoms with Gasteiger partial charge in [0.15, 0.2) is 5.69 Å². The van der Waals surface area contributed by atoms with E-state index in [4.69, 9.17) is 5.73 Å². The van der Waals surface area contributed by atoms with Crippen molar-refractivity contribution in [3.63, 3.8) is 0 Å². The molecule has 0 radical (unpaired) electrons. The number of nitrogens with zero attached hydrogens (tertiary/aromatic N) is 2. The van der Waals surface area contributed by atoms with Gasteiger partial charge in [-0.25, -0.2) is 0 Å². The number of hydrogen-bond donors (Lipinski definition) is 2. The van der Waals surface area contributed by atoms with Crippen molar-refractivity contribution in [1.29, 1.82) is 0 Å². The molecule has 0 atom stereocenters. The van der Waals surface area contributed by atoms with Gasteiger partial charge in [0, 0.05) is 6.54 Å². The molecule has 7 nitrogen and oxygen atoms in total. The number of ether oxygens (including phenoxy) is 1. The van der Waals surface area contributed by atoms with Crippen molar-refractivity contribution < 1.29 is 14.3 Å². The average molecular weight is 240 g/mol. The lowest BCUT2D eigenvalue weighted by Gasteiger charge is -2.18. The number of methoxy groups -OCH3 is 1. The smallest absolute Gasteiger partial charge is 0.325 e. The molecule has 1 aromatic rings. The molecule has 1 aromatic heterocycles. The van der Waals surface area contributed by atoms with Gasteiger partial charge >= 0.3 is 5.97 Å². The summed E-state index contributed by atoms with van der Waals surface area (Å²) < 4.78 is 4.51. The molecule has 0 fully saturated rings. The van der Waals surface area contributed by atoms with Crippen LogP contribution in [0.25, 0.3) is 0 Å². The summed E-state index contributed by atoms with van der Waals surface area (Å²) >= 11 is 0. The van der Waals surface area contributed by atoms with Crippen molar-refractivity contribution in [3.8, 4) is 0 Å². The van der Waals surface area contributed by atoms with E-state index in [1.165, 1.54) is 12.0 Å². The summed E-state index contributed by atoms with van der Waals surface area (Å²) in [6, 6.07) is 0. The third kappa shape index (κ3) is 2.74. The molecule has 0 aromatic carbocycles. The number of aromatic nitrogens is 2. The molecular formula is C10H16N4O3. The number of nitrogens with one attached hydrogen (secondary N) is 1. The third-order valence-corrected chi connectivity index (χ3v) is 2.41. The van der Waals surface area contributed by atoms with E-state index < -0.39 is 5.97 Å². The molecule has 0 unspecified atom stereocenters. The van der Waals surface area contributed by atoms with Gasteiger partial charge in [-0.2, -0.15) is 5.10 Å². The second-order valence-corrected chi connectivity index (χ2v) is 3.51. The molecule has 1 amide bonds. The lowest BCUT2D eigenvalue weighted by Crippen LogP contribution is -2.36.